The van der Waals surface area contributed by atoms with Gasteiger partial charge in [-0.05, 0) is 68.0 Å². The fraction of sp³-hybridized carbons (Fsp3) is 0.318. The zero-order valence-corrected chi connectivity index (χ0v) is 17.1. The molecule has 1 fully saturated rings. The van der Waals surface area contributed by atoms with Crippen LogP contribution in [0.15, 0.2) is 47.8 Å². The standard InChI is InChI=1S/C22H23N3O3S/c1-2-28-22(27)19-14-20(15-5-6-15)25(24-19)17-9-7-16(8-10-17)21(26)23-12-11-18-4-3-13-29-18/h3-4,7-10,13-15H,2,5-6,11-12H2,1H3,(H,23,26). The van der Waals surface area contributed by atoms with Crippen LogP contribution < -0.4 is 5.32 Å². The van der Waals surface area contributed by atoms with Crippen molar-refractivity contribution in [1.29, 1.82) is 0 Å². The maximum atomic E-state index is 12.4. The number of aromatic nitrogens is 2. The minimum Gasteiger partial charge on any atom is -0.461 e. The number of thiophene rings is 1. The molecule has 0 atom stereocenters. The molecule has 4 rings (SSSR count). The average Bonchev–Trinajstić information content (AvgIpc) is 3.26. The number of nitrogens with zero attached hydrogens (tertiary/aromatic N) is 2. The molecule has 0 bridgehead atoms. The van der Waals surface area contributed by atoms with Crippen LogP contribution in [0.1, 0.15) is 57.1 Å². The molecule has 2 heterocycles. The van der Waals surface area contributed by atoms with Gasteiger partial charge >= 0.3 is 5.97 Å². The van der Waals surface area contributed by atoms with E-state index in [1.807, 2.05) is 29.6 Å². The molecule has 1 amide bonds. The molecule has 3 aromatic rings. The van der Waals surface area contributed by atoms with Crippen LogP contribution in [-0.2, 0) is 11.2 Å². The van der Waals surface area contributed by atoms with Gasteiger partial charge in [-0.15, -0.1) is 11.3 Å². The van der Waals surface area contributed by atoms with Gasteiger partial charge in [-0.25, -0.2) is 9.48 Å². The quantitative estimate of drug-likeness (QED) is 0.572. The molecule has 7 heteroatoms. The lowest BCUT2D eigenvalue weighted by atomic mass is 10.2. The van der Waals surface area contributed by atoms with Gasteiger partial charge in [0.1, 0.15) is 0 Å². The first-order valence-corrected chi connectivity index (χ1v) is 10.7. The van der Waals surface area contributed by atoms with Crippen molar-refractivity contribution in [2.45, 2.75) is 32.1 Å². The lowest BCUT2D eigenvalue weighted by molar-refractivity contribution is 0.0519. The predicted molar refractivity (Wildman–Crippen MR) is 112 cm³/mol. The summed E-state index contributed by atoms with van der Waals surface area (Å²) in [5, 5.41) is 9.44. The van der Waals surface area contributed by atoms with Gasteiger partial charge in [0.15, 0.2) is 5.69 Å². The highest BCUT2D eigenvalue weighted by molar-refractivity contribution is 7.09. The van der Waals surface area contributed by atoms with Crippen molar-refractivity contribution in [2.24, 2.45) is 0 Å². The molecule has 1 aliphatic carbocycles. The lowest BCUT2D eigenvalue weighted by Gasteiger charge is -2.08. The summed E-state index contributed by atoms with van der Waals surface area (Å²) in [6.45, 7) is 2.70. The number of carbonyl (C=O) groups excluding carboxylic acids is 2. The highest BCUT2D eigenvalue weighted by Crippen LogP contribution is 2.41. The summed E-state index contributed by atoms with van der Waals surface area (Å²) in [6.07, 6.45) is 3.02. The Bertz CT molecular complexity index is 989. The second-order valence-electron chi connectivity index (χ2n) is 6.99. The van der Waals surface area contributed by atoms with Gasteiger partial charge in [0.05, 0.1) is 12.3 Å². The van der Waals surface area contributed by atoms with Gasteiger partial charge in [-0.2, -0.15) is 5.10 Å². The summed E-state index contributed by atoms with van der Waals surface area (Å²) in [5.74, 6) is -0.0796. The number of esters is 1. The predicted octanol–water partition coefficient (Wildman–Crippen LogP) is 3.96. The Morgan fingerprint density at radius 3 is 2.69 bits per heavy atom. The van der Waals surface area contributed by atoms with Crippen molar-refractivity contribution in [3.8, 4) is 5.69 Å². The van der Waals surface area contributed by atoms with Crippen molar-refractivity contribution in [3.05, 3.63) is 69.7 Å². The molecule has 1 aromatic carbocycles. The normalized spacial score (nSPS) is 13.3. The molecule has 0 radical (unpaired) electrons. The number of hydrogen-bond donors (Lipinski definition) is 1. The van der Waals surface area contributed by atoms with Gasteiger partial charge in [0, 0.05) is 28.6 Å². The zero-order valence-electron chi connectivity index (χ0n) is 16.3. The maximum absolute atomic E-state index is 12.4. The largest absolute Gasteiger partial charge is 0.461 e. The Morgan fingerprint density at radius 2 is 2.03 bits per heavy atom. The highest BCUT2D eigenvalue weighted by atomic mass is 32.1. The summed E-state index contributed by atoms with van der Waals surface area (Å²) in [5.41, 5.74) is 2.77. The van der Waals surface area contributed by atoms with E-state index >= 15 is 0 Å². The van der Waals surface area contributed by atoms with Crippen molar-refractivity contribution in [1.82, 2.24) is 15.1 Å². The van der Waals surface area contributed by atoms with Crippen LogP contribution in [0.5, 0.6) is 0 Å². The Labute approximate surface area is 173 Å². The van der Waals surface area contributed by atoms with E-state index in [9.17, 15) is 9.59 Å². The third-order valence-electron chi connectivity index (χ3n) is 4.83. The SMILES string of the molecule is CCOC(=O)c1cc(C2CC2)n(-c2ccc(C(=O)NCCc3cccs3)cc2)n1. The van der Waals surface area contributed by atoms with Crippen LogP contribution in [0, 0.1) is 0 Å². The highest BCUT2D eigenvalue weighted by Gasteiger charge is 2.30. The molecular weight excluding hydrogens is 386 g/mol. The number of carbonyl (C=O) groups is 2. The van der Waals surface area contributed by atoms with Gasteiger partial charge in [-0.3, -0.25) is 4.79 Å². The first-order chi connectivity index (χ1) is 14.2. The third kappa shape index (κ3) is 4.56. The van der Waals surface area contributed by atoms with E-state index in [0.717, 1.165) is 30.6 Å². The summed E-state index contributed by atoms with van der Waals surface area (Å²) < 4.78 is 6.87. The van der Waals surface area contributed by atoms with Crippen LogP contribution in [0.2, 0.25) is 0 Å². The molecule has 29 heavy (non-hydrogen) atoms. The molecule has 2 aromatic heterocycles. The van der Waals surface area contributed by atoms with Crippen molar-refractivity contribution in [3.63, 3.8) is 0 Å². The molecule has 0 unspecified atom stereocenters. The summed E-state index contributed by atoms with van der Waals surface area (Å²) in [4.78, 5) is 25.7. The van der Waals surface area contributed by atoms with Crippen LogP contribution in [0.4, 0.5) is 0 Å². The maximum Gasteiger partial charge on any atom is 0.358 e. The van der Waals surface area contributed by atoms with E-state index in [4.69, 9.17) is 4.74 Å². The molecule has 1 N–H and O–H groups in total. The fourth-order valence-corrected chi connectivity index (χ4v) is 3.90. The van der Waals surface area contributed by atoms with Crippen molar-refractivity contribution in [2.75, 3.05) is 13.2 Å². The van der Waals surface area contributed by atoms with Gasteiger partial charge in [-0.1, -0.05) is 6.07 Å². The molecule has 150 valence electrons. The molecular formula is C22H23N3O3S. The minimum absolute atomic E-state index is 0.0943. The van der Waals surface area contributed by atoms with Gasteiger partial charge in [0.25, 0.3) is 5.91 Å². The Morgan fingerprint density at radius 1 is 1.24 bits per heavy atom. The molecule has 0 saturated heterocycles. The second-order valence-corrected chi connectivity index (χ2v) is 8.03. The summed E-state index contributed by atoms with van der Waals surface area (Å²) in [6, 6.07) is 13.2. The number of ether oxygens (including phenoxy) is 1. The Balaban J connectivity index is 1.46. The zero-order chi connectivity index (χ0) is 20.2. The van der Waals surface area contributed by atoms with Gasteiger partial charge < -0.3 is 10.1 Å². The molecule has 1 aliphatic rings. The van der Waals surface area contributed by atoms with E-state index < -0.39 is 5.97 Å². The topological polar surface area (TPSA) is 73.2 Å². The summed E-state index contributed by atoms with van der Waals surface area (Å²) >= 11 is 1.69. The van der Waals surface area contributed by atoms with Crippen LogP contribution in [-0.4, -0.2) is 34.8 Å². The van der Waals surface area contributed by atoms with E-state index in [1.54, 1.807) is 35.1 Å². The van der Waals surface area contributed by atoms with Gasteiger partial charge in [0.2, 0.25) is 0 Å². The fourth-order valence-electron chi connectivity index (χ4n) is 3.19. The monoisotopic (exact) mass is 409 g/mol. The number of rotatable bonds is 8. The molecule has 1 saturated carbocycles. The average molecular weight is 410 g/mol. The Hall–Kier alpha value is -2.93. The molecule has 0 aliphatic heterocycles. The Kier molecular flexibility index (Phi) is 5.76. The van der Waals surface area contributed by atoms with E-state index in [0.29, 0.717) is 30.3 Å². The second kappa shape index (κ2) is 8.61. The summed E-state index contributed by atoms with van der Waals surface area (Å²) in [7, 11) is 0. The smallest absolute Gasteiger partial charge is 0.358 e. The van der Waals surface area contributed by atoms with Crippen molar-refractivity contribution >= 4 is 23.2 Å². The van der Waals surface area contributed by atoms with Crippen molar-refractivity contribution < 1.29 is 14.3 Å². The number of hydrogen-bond acceptors (Lipinski definition) is 5. The number of nitrogens with one attached hydrogen (secondary N) is 1. The first-order valence-electron chi connectivity index (χ1n) is 9.84. The number of benzene rings is 1. The van der Waals surface area contributed by atoms with Crippen LogP contribution in [0.25, 0.3) is 5.69 Å². The van der Waals surface area contributed by atoms with Crippen LogP contribution in [0.3, 0.4) is 0 Å². The lowest BCUT2D eigenvalue weighted by Crippen LogP contribution is -2.25. The number of amides is 1. The van der Waals surface area contributed by atoms with E-state index in [2.05, 4.69) is 16.5 Å². The minimum atomic E-state index is -0.408. The third-order valence-corrected chi connectivity index (χ3v) is 5.76. The van der Waals surface area contributed by atoms with E-state index in [-0.39, 0.29) is 5.91 Å². The van der Waals surface area contributed by atoms with E-state index in [1.165, 1.54) is 4.88 Å². The molecule has 0 spiro atoms. The molecule has 6 nitrogen and oxygen atoms in total. The van der Waals surface area contributed by atoms with Crippen LogP contribution >= 0.6 is 11.3 Å². The first kappa shape index (κ1) is 19.4.